The van der Waals surface area contributed by atoms with E-state index in [9.17, 15) is 0 Å². The van der Waals surface area contributed by atoms with Crippen LogP contribution in [0.4, 0.5) is 5.69 Å². The fraction of sp³-hybridized carbons (Fsp3) is 0.353. The lowest BCUT2D eigenvalue weighted by atomic mass is 9.90. The summed E-state index contributed by atoms with van der Waals surface area (Å²) in [5.74, 6) is 0.500. The van der Waals surface area contributed by atoms with Crippen molar-refractivity contribution in [3.63, 3.8) is 0 Å². The van der Waals surface area contributed by atoms with Crippen molar-refractivity contribution in [2.45, 2.75) is 39.2 Å². The number of aryl methyl sites for hydroxylation is 2. The van der Waals surface area contributed by atoms with E-state index in [1.54, 1.807) is 11.3 Å². The van der Waals surface area contributed by atoms with E-state index in [-0.39, 0.29) is 0 Å². The van der Waals surface area contributed by atoms with Gasteiger partial charge in [-0.25, -0.2) is 4.99 Å². The molecule has 1 aliphatic rings. The minimum absolute atomic E-state index is 0.500. The predicted molar refractivity (Wildman–Crippen MR) is 91.1 cm³/mol. The van der Waals surface area contributed by atoms with Gasteiger partial charge < -0.3 is 11.1 Å². The molecule has 0 atom stereocenters. The average Bonchev–Trinajstić information content (AvgIpc) is 2.91. The lowest BCUT2D eigenvalue weighted by Gasteiger charge is -2.19. The molecule has 1 aliphatic carbocycles. The molecule has 21 heavy (non-hydrogen) atoms. The topological polar surface area (TPSA) is 50.4 Å². The fourth-order valence-electron chi connectivity index (χ4n) is 2.81. The third-order valence-electron chi connectivity index (χ3n) is 3.86. The number of fused-ring (bicyclic) bond motifs is 1. The van der Waals surface area contributed by atoms with Crippen LogP contribution in [0.2, 0.25) is 0 Å². The predicted octanol–water partition coefficient (Wildman–Crippen LogP) is 3.86. The molecule has 0 amide bonds. The average molecular weight is 299 g/mol. The number of hydrogen-bond donors (Lipinski definition) is 2. The number of anilines is 1. The van der Waals surface area contributed by atoms with E-state index in [0.717, 1.165) is 12.1 Å². The molecule has 1 aromatic heterocycles. The first-order valence-electron chi connectivity index (χ1n) is 7.45. The van der Waals surface area contributed by atoms with E-state index < -0.39 is 0 Å². The molecule has 3 N–H and O–H groups in total. The van der Waals surface area contributed by atoms with Crippen LogP contribution in [0.1, 0.15) is 33.7 Å². The maximum atomic E-state index is 6.04. The largest absolute Gasteiger partial charge is 0.370 e. The summed E-state index contributed by atoms with van der Waals surface area (Å²) in [4.78, 5) is 7.00. The molecule has 0 spiro atoms. The van der Waals surface area contributed by atoms with Gasteiger partial charge in [-0.05, 0) is 61.9 Å². The van der Waals surface area contributed by atoms with Crippen LogP contribution in [0.15, 0.2) is 35.3 Å². The number of nitrogens with two attached hydrogens (primary N) is 1. The summed E-state index contributed by atoms with van der Waals surface area (Å²) in [6.45, 7) is 2.75. The quantitative estimate of drug-likeness (QED) is 0.668. The molecule has 2 aromatic rings. The Morgan fingerprint density at radius 3 is 2.90 bits per heavy atom. The number of benzene rings is 1. The van der Waals surface area contributed by atoms with Gasteiger partial charge in [0.25, 0.3) is 0 Å². The summed E-state index contributed by atoms with van der Waals surface area (Å²) in [5.41, 5.74) is 10.0. The van der Waals surface area contributed by atoms with Gasteiger partial charge in [0, 0.05) is 15.4 Å². The van der Waals surface area contributed by atoms with Gasteiger partial charge >= 0.3 is 0 Å². The Balaban J connectivity index is 1.71. The third kappa shape index (κ3) is 3.45. The SMILES string of the molecule is Cc1ccc(CN=C(N)Nc2cccc3c2CCCC3)s1. The van der Waals surface area contributed by atoms with E-state index in [1.165, 1.54) is 40.1 Å². The van der Waals surface area contributed by atoms with Gasteiger partial charge in [0.15, 0.2) is 5.96 Å². The van der Waals surface area contributed by atoms with Crippen LogP contribution in [0.3, 0.4) is 0 Å². The van der Waals surface area contributed by atoms with Crippen molar-refractivity contribution in [2.24, 2.45) is 10.7 Å². The molecule has 110 valence electrons. The van der Waals surface area contributed by atoms with Gasteiger partial charge in [0.05, 0.1) is 6.54 Å². The molecule has 4 heteroatoms. The minimum Gasteiger partial charge on any atom is -0.370 e. The number of nitrogens with one attached hydrogen (secondary N) is 1. The van der Waals surface area contributed by atoms with Crippen LogP contribution in [-0.2, 0) is 19.4 Å². The van der Waals surface area contributed by atoms with Gasteiger partial charge in [-0.1, -0.05) is 12.1 Å². The molecule has 0 saturated carbocycles. The summed E-state index contributed by atoms with van der Waals surface area (Å²) in [6.07, 6.45) is 4.86. The second kappa shape index (κ2) is 6.31. The molecular weight excluding hydrogens is 278 g/mol. The van der Waals surface area contributed by atoms with Crippen LogP contribution in [0, 0.1) is 6.92 Å². The zero-order chi connectivity index (χ0) is 14.7. The first-order chi connectivity index (χ1) is 10.2. The molecule has 0 bridgehead atoms. The lowest BCUT2D eigenvalue weighted by Crippen LogP contribution is -2.24. The highest BCUT2D eigenvalue weighted by atomic mass is 32.1. The summed E-state index contributed by atoms with van der Waals surface area (Å²) in [5, 5.41) is 3.28. The zero-order valence-electron chi connectivity index (χ0n) is 12.4. The lowest BCUT2D eigenvalue weighted by molar-refractivity contribution is 0.687. The second-order valence-corrected chi connectivity index (χ2v) is 6.86. The summed E-state index contributed by atoms with van der Waals surface area (Å²) in [6, 6.07) is 10.7. The van der Waals surface area contributed by atoms with Crippen molar-refractivity contribution in [2.75, 3.05) is 5.32 Å². The molecule has 3 nitrogen and oxygen atoms in total. The van der Waals surface area contributed by atoms with Crippen molar-refractivity contribution in [1.29, 1.82) is 0 Å². The Morgan fingerprint density at radius 1 is 1.24 bits per heavy atom. The van der Waals surface area contributed by atoms with Crippen LogP contribution in [-0.4, -0.2) is 5.96 Å². The van der Waals surface area contributed by atoms with Crippen molar-refractivity contribution in [3.05, 3.63) is 51.2 Å². The molecule has 1 aromatic carbocycles. The summed E-state index contributed by atoms with van der Waals surface area (Å²) < 4.78 is 0. The monoisotopic (exact) mass is 299 g/mol. The number of guanidine groups is 1. The summed E-state index contributed by atoms with van der Waals surface area (Å²) >= 11 is 1.77. The third-order valence-corrected chi connectivity index (χ3v) is 4.85. The minimum atomic E-state index is 0.500. The molecule has 0 unspecified atom stereocenters. The smallest absolute Gasteiger partial charge is 0.193 e. The number of hydrogen-bond acceptors (Lipinski definition) is 2. The highest BCUT2D eigenvalue weighted by Gasteiger charge is 2.13. The van der Waals surface area contributed by atoms with Gasteiger partial charge in [-0.3, -0.25) is 0 Å². The fourth-order valence-corrected chi connectivity index (χ4v) is 3.62. The van der Waals surface area contributed by atoms with Gasteiger partial charge in [-0.2, -0.15) is 0 Å². The number of thiophene rings is 1. The molecular formula is C17H21N3S. The molecule has 0 aliphatic heterocycles. The standard InChI is InChI=1S/C17H21N3S/c1-12-9-10-14(21-12)11-19-17(18)20-16-8-4-6-13-5-2-3-7-15(13)16/h4,6,8-10H,2-3,5,7,11H2,1H3,(H3,18,19,20). The Kier molecular flexibility index (Phi) is 4.25. The maximum Gasteiger partial charge on any atom is 0.193 e. The highest BCUT2D eigenvalue weighted by Crippen LogP contribution is 2.27. The van der Waals surface area contributed by atoms with E-state index in [0.29, 0.717) is 12.5 Å². The molecule has 3 rings (SSSR count). The first kappa shape index (κ1) is 14.1. The number of aliphatic imine (C=N–C) groups is 1. The summed E-state index contributed by atoms with van der Waals surface area (Å²) in [7, 11) is 0. The Hall–Kier alpha value is -1.81. The molecule has 0 saturated heterocycles. The van der Waals surface area contributed by atoms with Crippen molar-refractivity contribution < 1.29 is 0 Å². The van der Waals surface area contributed by atoms with Crippen molar-refractivity contribution in [3.8, 4) is 0 Å². The van der Waals surface area contributed by atoms with E-state index in [1.807, 2.05) is 0 Å². The van der Waals surface area contributed by atoms with E-state index >= 15 is 0 Å². The highest BCUT2D eigenvalue weighted by molar-refractivity contribution is 7.11. The Morgan fingerprint density at radius 2 is 2.10 bits per heavy atom. The zero-order valence-corrected chi connectivity index (χ0v) is 13.2. The van der Waals surface area contributed by atoms with E-state index in [4.69, 9.17) is 5.73 Å². The molecule has 0 radical (unpaired) electrons. The van der Waals surface area contributed by atoms with E-state index in [2.05, 4.69) is 47.6 Å². The van der Waals surface area contributed by atoms with Gasteiger partial charge in [0.1, 0.15) is 0 Å². The maximum absolute atomic E-state index is 6.04. The van der Waals surface area contributed by atoms with Gasteiger partial charge in [0.2, 0.25) is 0 Å². The first-order valence-corrected chi connectivity index (χ1v) is 8.27. The molecule has 0 fully saturated rings. The molecule has 1 heterocycles. The number of nitrogens with zero attached hydrogens (tertiary/aromatic N) is 1. The normalized spacial score (nSPS) is 14.8. The van der Waals surface area contributed by atoms with Crippen molar-refractivity contribution in [1.82, 2.24) is 0 Å². The number of rotatable bonds is 3. The van der Waals surface area contributed by atoms with Crippen LogP contribution >= 0.6 is 11.3 Å². The Bertz CT molecular complexity index is 658. The van der Waals surface area contributed by atoms with Crippen LogP contribution in [0.25, 0.3) is 0 Å². The van der Waals surface area contributed by atoms with Gasteiger partial charge in [-0.15, -0.1) is 11.3 Å². The van der Waals surface area contributed by atoms with Crippen LogP contribution in [0.5, 0.6) is 0 Å². The van der Waals surface area contributed by atoms with Crippen molar-refractivity contribution >= 4 is 23.0 Å². The van der Waals surface area contributed by atoms with Crippen LogP contribution < -0.4 is 11.1 Å². The second-order valence-electron chi connectivity index (χ2n) is 5.49. The Labute approximate surface area is 129 Å².